The highest BCUT2D eigenvalue weighted by Gasteiger charge is 2.13. The number of carboxylic acid groups (broad SMARTS) is 1. The summed E-state index contributed by atoms with van der Waals surface area (Å²) in [5.41, 5.74) is 0.869. The maximum atomic E-state index is 11.2. The van der Waals surface area contributed by atoms with E-state index in [1.165, 1.54) is 0 Å². The summed E-state index contributed by atoms with van der Waals surface area (Å²) in [6.07, 6.45) is 1.60. The Hall–Kier alpha value is -2.15. The fourth-order valence-electron chi connectivity index (χ4n) is 1.02. The van der Waals surface area contributed by atoms with Crippen molar-refractivity contribution in [2.24, 2.45) is 0 Å². The van der Waals surface area contributed by atoms with Crippen LogP contribution >= 0.6 is 0 Å². The zero-order valence-electron chi connectivity index (χ0n) is 8.96. The zero-order chi connectivity index (χ0) is 12.7. The van der Waals surface area contributed by atoms with E-state index in [9.17, 15) is 9.59 Å². The second-order valence-corrected chi connectivity index (χ2v) is 3.27. The molecular formula is C10H13N3O4. The molecule has 0 aliphatic heterocycles. The smallest absolute Gasteiger partial charge is 0.334 e. The second kappa shape index (κ2) is 6.44. The number of aliphatic hydroxyl groups excluding tert-OH is 1. The highest BCUT2D eigenvalue weighted by molar-refractivity contribution is 5.76. The number of hydrogen-bond donors (Lipinski definition) is 4. The molecule has 0 bridgehead atoms. The standard InChI is InChI=1S/C10H13N3O4/c14-8(9(15)16)6-13-10(17)12-5-7-1-3-11-4-2-7/h1-4,8,14H,5-6H2,(H,15,16)(H2,12,13,17)/t8-/m0/s1. The van der Waals surface area contributed by atoms with Gasteiger partial charge in [-0.15, -0.1) is 0 Å². The summed E-state index contributed by atoms with van der Waals surface area (Å²) in [5, 5.41) is 22.0. The number of carbonyl (C=O) groups is 2. The van der Waals surface area contributed by atoms with Crippen molar-refractivity contribution in [3.05, 3.63) is 30.1 Å². The van der Waals surface area contributed by atoms with Gasteiger partial charge in [0.25, 0.3) is 0 Å². The summed E-state index contributed by atoms with van der Waals surface area (Å²) < 4.78 is 0. The van der Waals surface area contributed by atoms with Gasteiger partial charge < -0.3 is 20.8 Å². The van der Waals surface area contributed by atoms with Crippen LogP contribution < -0.4 is 10.6 Å². The van der Waals surface area contributed by atoms with Crippen molar-refractivity contribution >= 4 is 12.0 Å². The van der Waals surface area contributed by atoms with Crippen molar-refractivity contribution < 1.29 is 19.8 Å². The van der Waals surface area contributed by atoms with Crippen LogP contribution in [0.4, 0.5) is 4.79 Å². The molecule has 92 valence electrons. The first-order valence-corrected chi connectivity index (χ1v) is 4.91. The van der Waals surface area contributed by atoms with Crippen LogP contribution in [0, 0.1) is 0 Å². The van der Waals surface area contributed by atoms with E-state index in [4.69, 9.17) is 10.2 Å². The third kappa shape index (κ3) is 4.94. The van der Waals surface area contributed by atoms with Gasteiger partial charge in [0, 0.05) is 18.9 Å². The van der Waals surface area contributed by atoms with E-state index in [2.05, 4.69) is 15.6 Å². The van der Waals surface area contributed by atoms with Crippen LogP contribution in [0.5, 0.6) is 0 Å². The van der Waals surface area contributed by atoms with Crippen LogP contribution in [0.3, 0.4) is 0 Å². The normalized spacial score (nSPS) is 11.6. The molecule has 7 nitrogen and oxygen atoms in total. The first-order chi connectivity index (χ1) is 8.09. The molecule has 0 unspecified atom stereocenters. The van der Waals surface area contributed by atoms with Gasteiger partial charge in [-0.05, 0) is 17.7 Å². The third-order valence-electron chi connectivity index (χ3n) is 1.94. The van der Waals surface area contributed by atoms with Gasteiger partial charge in [-0.2, -0.15) is 0 Å². The molecule has 2 amide bonds. The van der Waals surface area contributed by atoms with Gasteiger partial charge in [0.05, 0.1) is 6.54 Å². The van der Waals surface area contributed by atoms with Crippen molar-refractivity contribution in [1.82, 2.24) is 15.6 Å². The van der Waals surface area contributed by atoms with Crippen molar-refractivity contribution in [2.75, 3.05) is 6.54 Å². The van der Waals surface area contributed by atoms with Crippen LogP contribution in [0.15, 0.2) is 24.5 Å². The first kappa shape index (κ1) is 12.9. The van der Waals surface area contributed by atoms with Crippen molar-refractivity contribution in [2.45, 2.75) is 12.6 Å². The number of pyridine rings is 1. The molecule has 7 heteroatoms. The Labute approximate surface area is 97.5 Å². The van der Waals surface area contributed by atoms with Gasteiger partial charge in [-0.1, -0.05) is 0 Å². The lowest BCUT2D eigenvalue weighted by Gasteiger charge is -2.09. The minimum Gasteiger partial charge on any atom is -0.479 e. The van der Waals surface area contributed by atoms with Gasteiger partial charge in [-0.25, -0.2) is 9.59 Å². The lowest BCUT2D eigenvalue weighted by Crippen LogP contribution is -2.41. The number of nitrogens with zero attached hydrogens (tertiary/aromatic N) is 1. The number of hydrogen-bond acceptors (Lipinski definition) is 4. The number of aliphatic hydroxyl groups is 1. The topological polar surface area (TPSA) is 112 Å². The van der Waals surface area contributed by atoms with Crippen LogP contribution in [-0.4, -0.2) is 39.8 Å². The molecule has 1 atom stereocenters. The minimum absolute atomic E-state index is 0.303. The molecule has 1 aromatic heterocycles. The monoisotopic (exact) mass is 239 g/mol. The SMILES string of the molecule is O=C(NCc1ccncc1)NC[C@H](O)C(=O)O. The highest BCUT2D eigenvalue weighted by atomic mass is 16.4. The Morgan fingerprint density at radius 3 is 2.53 bits per heavy atom. The van der Waals surface area contributed by atoms with Crippen LogP contribution in [0.25, 0.3) is 0 Å². The van der Waals surface area contributed by atoms with Gasteiger partial charge in [0.1, 0.15) is 0 Å². The van der Waals surface area contributed by atoms with Gasteiger partial charge in [0.15, 0.2) is 6.10 Å². The van der Waals surface area contributed by atoms with Gasteiger partial charge >= 0.3 is 12.0 Å². The number of rotatable bonds is 5. The van der Waals surface area contributed by atoms with Gasteiger partial charge in [0.2, 0.25) is 0 Å². The van der Waals surface area contributed by atoms with E-state index < -0.39 is 18.1 Å². The van der Waals surface area contributed by atoms with Crippen LogP contribution in [-0.2, 0) is 11.3 Å². The summed E-state index contributed by atoms with van der Waals surface area (Å²) in [5.74, 6) is -1.38. The molecule has 1 aromatic rings. The molecule has 0 aromatic carbocycles. The van der Waals surface area contributed by atoms with Crippen LogP contribution in [0.2, 0.25) is 0 Å². The zero-order valence-corrected chi connectivity index (χ0v) is 8.96. The summed E-state index contributed by atoms with van der Waals surface area (Å²) >= 11 is 0. The van der Waals surface area contributed by atoms with Crippen molar-refractivity contribution in [3.8, 4) is 0 Å². The highest BCUT2D eigenvalue weighted by Crippen LogP contribution is 1.94. The maximum absolute atomic E-state index is 11.2. The lowest BCUT2D eigenvalue weighted by molar-refractivity contribution is -0.146. The first-order valence-electron chi connectivity index (χ1n) is 4.91. The largest absolute Gasteiger partial charge is 0.479 e. The molecule has 0 spiro atoms. The molecule has 0 aliphatic rings. The van der Waals surface area contributed by atoms with E-state index in [-0.39, 0.29) is 6.54 Å². The Morgan fingerprint density at radius 1 is 1.29 bits per heavy atom. The van der Waals surface area contributed by atoms with Crippen LogP contribution in [0.1, 0.15) is 5.56 Å². The number of aliphatic carboxylic acids is 1. The fourth-order valence-corrected chi connectivity index (χ4v) is 1.02. The predicted molar refractivity (Wildman–Crippen MR) is 58.1 cm³/mol. The molecule has 4 N–H and O–H groups in total. The average molecular weight is 239 g/mol. The van der Waals surface area contributed by atoms with E-state index >= 15 is 0 Å². The fraction of sp³-hybridized carbons (Fsp3) is 0.300. The number of carbonyl (C=O) groups excluding carboxylic acids is 1. The van der Waals surface area contributed by atoms with E-state index in [0.717, 1.165) is 5.56 Å². The molecule has 0 radical (unpaired) electrons. The maximum Gasteiger partial charge on any atom is 0.334 e. The quantitative estimate of drug-likeness (QED) is 0.544. The molecule has 0 saturated carbocycles. The lowest BCUT2D eigenvalue weighted by atomic mass is 10.3. The number of carboxylic acids is 1. The molecule has 0 saturated heterocycles. The number of amides is 2. The Morgan fingerprint density at radius 2 is 1.94 bits per heavy atom. The molecular weight excluding hydrogens is 226 g/mol. The predicted octanol–water partition coefficient (Wildman–Crippen LogP) is -0.674. The Kier molecular flexibility index (Phi) is 4.89. The minimum atomic E-state index is -1.60. The Bertz CT molecular complexity index is 382. The third-order valence-corrected chi connectivity index (χ3v) is 1.94. The van der Waals surface area contributed by atoms with E-state index in [0.29, 0.717) is 6.54 Å². The summed E-state index contributed by atoms with van der Waals surface area (Å²) in [6, 6.07) is 2.95. The molecule has 1 heterocycles. The molecule has 0 fully saturated rings. The summed E-state index contributed by atoms with van der Waals surface area (Å²) in [4.78, 5) is 25.3. The number of urea groups is 1. The summed E-state index contributed by atoms with van der Waals surface area (Å²) in [7, 11) is 0. The van der Waals surface area contributed by atoms with Crippen molar-refractivity contribution in [1.29, 1.82) is 0 Å². The van der Waals surface area contributed by atoms with E-state index in [1.807, 2.05) is 0 Å². The number of nitrogens with one attached hydrogen (secondary N) is 2. The Balaban J connectivity index is 2.24. The average Bonchev–Trinajstić information content (AvgIpc) is 2.34. The van der Waals surface area contributed by atoms with E-state index in [1.54, 1.807) is 24.5 Å². The molecule has 1 rings (SSSR count). The molecule has 0 aliphatic carbocycles. The number of aromatic nitrogens is 1. The second-order valence-electron chi connectivity index (χ2n) is 3.27. The molecule has 17 heavy (non-hydrogen) atoms. The van der Waals surface area contributed by atoms with Gasteiger partial charge in [-0.3, -0.25) is 4.98 Å². The summed E-state index contributed by atoms with van der Waals surface area (Å²) in [6.45, 7) is -0.0327. The van der Waals surface area contributed by atoms with Crippen molar-refractivity contribution in [3.63, 3.8) is 0 Å².